The van der Waals surface area contributed by atoms with Crippen LogP contribution < -0.4 is 15.4 Å². The third-order valence-corrected chi connectivity index (χ3v) is 3.43. The summed E-state index contributed by atoms with van der Waals surface area (Å²) in [5.74, 6) is 0.575. The molecule has 0 atom stereocenters. The Bertz CT molecular complexity index is 780. The lowest BCUT2D eigenvalue weighted by molar-refractivity contribution is 0.0958. The molecule has 8 heteroatoms. The van der Waals surface area contributed by atoms with E-state index in [1.807, 2.05) is 6.07 Å². The second kappa shape index (κ2) is 7.65. The first-order chi connectivity index (χ1) is 11.5. The highest BCUT2D eigenvalue weighted by Gasteiger charge is 2.17. The first-order valence-electron chi connectivity index (χ1n) is 6.94. The molecule has 126 valence electrons. The van der Waals surface area contributed by atoms with Gasteiger partial charge in [0.25, 0.3) is 5.91 Å². The summed E-state index contributed by atoms with van der Waals surface area (Å²) < 4.78 is 10.6. The normalized spacial score (nSPS) is 10.0. The number of amides is 1. The number of para-hydroxylation sites is 1. The van der Waals surface area contributed by atoms with E-state index in [4.69, 9.17) is 21.1 Å². The first-order valence-corrected chi connectivity index (χ1v) is 7.32. The van der Waals surface area contributed by atoms with E-state index in [0.29, 0.717) is 28.4 Å². The van der Waals surface area contributed by atoms with E-state index < -0.39 is 5.91 Å². The highest BCUT2D eigenvalue weighted by molar-refractivity contribution is 6.29. The van der Waals surface area contributed by atoms with Gasteiger partial charge in [-0.2, -0.15) is 0 Å². The number of nitrogens with one attached hydrogen (secondary N) is 2. The quantitative estimate of drug-likeness (QED) is 0.781. The molecule has 1 amide bonds. The minimum Gasteiger partial charge on any atom is -0.497 e. The van der Waals surface area contributed by atoms with Gasteiger partial charge in [0.05, 0.1) is 31.2 Å². The van der Waals surface area contributed by atoms with E-state index in [1.54, 1.807) is 12.1 Å². The van der Waals surface area contributed by atoms with Crippen molar-refractivity contribution in [1.29, 1.82) is 0 Å². The Morgan fingerprint density at radius 1 is 1.25 bits per heavy atom. The predicted molar refractivity (Wildman–Crippen MR) is 92.8 cm³/mol. The van der Waals surface area contributed by atoms with Crippen LogP contribution in [0.5, 0.6) is 5.75 Å². The van der Waals surface area contributed by atoms with Crippen LogP contribution in [-0.2, 0) is 4.74 Å². The van der Waals surface area contributed by atoms with Crippen molar-refractivity contribution < 1.29 is 14.3 Å². The third kappa shape index (κ3) is 3.57. The predicted octanol–water partition coefficient (Wildman–Crippen LogP) is 2.86. The van der Waals surface area contributed by atoms with Crippen molar-refractivity contribution in [3.8, 4) is 5.75 Å². The van der Waals surface area contributed by atoms with Crippen LogP contribution in [0.25, 0.3) is 5.76 Å². The van der Waals surface area contributed by atoms with Crippen LogP contribution in [0.1, 0.15) is 16.1 Å². The smallest absolute Gasteiger partial charge is 0.273 e. The van der Waals surface area contributed by atoms with Crippen LogP contribution >= 0.6 is 11.6 Å². The number of hydrogen-bond acceptors (Lipinski definition) is 6. The third-order valence-electron chi connectivity index (χ3n) is 3.24. The maximum atomic E-state index is 11.9. The average molecular weight is 349 g/mol. The van der Waals surface area contributed by atoms with E-state index in [1.165, 1.54) is 27.3 Å². The molecule has 0 spiro atoms. The van der Waals surface area contributed by atoms with Crippen molar-refractivity contribution in [2.45, 2.75) is 0 Å². The van der Waals surface area contributed by atoms with Crippen LogP contribution in [-0.4, -0.2) is 37.4 Å². The molecular weight excluding hydrogens is 332 g/mol. The van der Waals surface area contributed by atoms with Crippen LogP contribution in [0, 0.1) is 0 Å². The molecule has 1 aromatic heterocycles. The fourth-order valence-electron chi connectivity index (χ4n) is 2.08. The van der Waals surface area contributed by atoms with E-state index in [0.717, 1.165) is 0 Å². The molecular formula is C16H17ClN4O3. The summed E-state index contributed by atoms with van der Waals surface area (Å²) >= 11 is 5.90. The lowest BCUT2D eigenvalue weighted by atomic mass is 10.1. The Balaban J connectivity index is 2.51. The van der Waals surface area contributed by atoms with E-state index in [-0.39, 0.29) is 10.8 Å². The van der Waals surface area contributed by atoms with Gasteiger partial charge < -0.3 is 20.1 Å². The van der Waals surface area contributed by atoms with E-state index in [2.05, 4.69) is 27.4 Å². The monoisotopic (exact) mass is 348 g/mol. The van der Waals surface area contributed by atoms with Gasteiger partial charge in [-0.1, -0.05) is 24.2 Å². The number of hydrogen-bond donors (Lipinski definition) is 2. The number of rotatable bonds is 6. The van der Waals surface area contributed by atoms with Crippen molar-refractivity contribution in [3.63, 3.8) is 0 Å². The number of nitrogens with zero attached hydrogens (tertiary/aromatic N) is 2. The van der Waals surface area contributed by atoms with Crippen molar-refractivity contribution in [2.75, 3.05) is 26.6 Å². The fourth-order valence-corrected chi connectivity index (χ4v) is 2.23. The van der Waals surface area contributed by atoms with Gasteiger partial charge in [-0.15, -0.1) is 10.2 Å². The van der Waals surface area contributed by atoms with Crippen LogP contribution in [0.3, 0.4) is 0 Å². The minimum absolute atomic E-state index is 0.111. The Kier molecular flexibility index (Phi) is 5.59. The highest BCUT2D eigenvalue weighted by Crippen LogP contribution is 2.35. The Morgan fingerprint density at radius 3 is 2.62 bits per heavy atom. The van der Waals surface area contributed by atoms with Crippen LogP contribution in [0.15, 0.2) is 30.8 Å². The number of methoxy groups -OCH3 is 2. The lowest BCUT2D eigenvalue weighted by Gasteiger charge is -2.16. The Labute approximate surface area is 144 Å². The zero-order valence-corrected chi connectivity index (χ0v) is 14.3. The lowest BCUT2D eigenvalue weighted by Crippen LogP contribution is -2.21. The Hall–Kier alpha value is -2.80. The highest BCUT2D eigenvalue weighted by atomic mass is 35.5. The van der Waals surface area contributed by atoms with Crippen molar-refractivity contribution in [2.24, 2.45) is 0 Å². The van der Waals surface area contributed by atoms with Gasteiger partial charge in [0.1, 0.15) is 5.76 Å². The molecule has 0 aliphatic rings. The molecule has 2 N–H and O–H groups in total. The number of carbonyl (C=O) groups is 1. The summed E-state index contributed by atoms with van der Waals surface area (Å²) in [5.41, 5.74) is 1.79. The largest absolute Gasteiger partial charge is 0.497 e. The number of carbonyl (C=O) groups excluding carboxylic acids is 1. The maximum Gasteiger partial charge on any atom is 0.273 e. The molecule has 1 aromatic carbocycles. The maximum absolute atomic E-state index is 11.9. The fraction of sp³-hybridized carbons (Fsp3) is 0.188. The summed E-state index contributed by atoms with van der Waals surface area (Å²) in [4.78, 5) is 11.9. The Morgan fingerprint density at radius 2 is 2.00 bits per heavy atom. The van der Waals surface area contributed by atoms with Gasteiger partial charge in [-0.25, -0.2) is 0 Å². The molecule has 1 heterocycles. The molecule has 2 aromatic rings. The zero-order chi connectivity index (χ0) is 17.7. The SMILES string of the molecule is C=C(OC)c1cccc(Nc2cc(Cl)nnc2C(=O)NC)c1OC. The van der Waals surface area contributed by atoms with Gasteiger partial charge in [-0.3, -0.25) is 4.79 Å². The van der Waals surface area contributed by atoms with Crippen molar-refractivity contribution in [3.05, 3.63) is 47.3 Å². The van der Waals surface area contributed by atoms with Gasteiger partial charge >= 0.3 is 0 Å². The number of anilines is 2. The first kappa shape index (κ1) is 17.6. The van der Waals surface area contributed by atoms with Gasteiger partial charge in [0.15, 0.2) is 16.6 Å². The molecule has 0 fully saturated rings. The van der Waals surface area contributed by atoms with Crippen LogP contribution in [0.2, 0.25) is 5.15 Å². The summed E-state index contributed by atoms with van der Waals surface area (Å²) in [7, 11) is 4.56. The second-order valence-corrected chi connectivity index (χ2v) is 5.03. The average Bonchev–Trinajstić information content (AvgIpc) is 2.60. The number of ether oxygens (including phenoxy) is 2. The molecule has 0 unspecified atom stereocenters. The topological polar surface area (TPSA) is 85.4 Å². The minimum atomic E-state index is -0.391. The molecule has 0 bridgehead atoms. The van der Waals surface area contributed by atoms with Crippen LogP contribution in [0.4, 0.5) is 11.4 Å². The summed E-state index contributed by atoms with van der Waals surface area (Å²) in [6.45, 7) is 3.84. The van der Waals surface area contributed by atoms with Crippen molar-refractivity contribution in [1.82, 2.24) is 15.5 Å². The standard InChI is InChI=1S/C16H17ClN4O3/c1-9(23-3)10-6-5-7-11(15(10)24-4)19-12-8-13(17)20-21-14(12)16(22)18-2/h5-8H,1H2,2-4H3,(H,18,22)(H,19,20). The number of halogens is 1. The second-order valence-electron chi connectivity index (χ2n) is 4.65. The van der Waals surface area contributed by atoms with Gasteiger partial charge in [-0.05, 0) is 12.1 Å². The molecule has 0 saturated heterocycles. The number of benzene rings is 1. The summed E-state index contributed by atoms with van der Waals surface area (Å²) in [6.07, 6.45) is 0. The molecule has 7 nitrogen and oxygen atoms in total. The van der Waals surface area contributed by atoms with Crippen molar-refractivity contribution >= 4 is 34.6 Å². The number of aromatic nitrogens is 2. The zero-order valence-electron chi connectivity index (χ0n) is 13.5. The molecule has 0 aliphatic heterocycles. The van der Waals surface area contributed by atoms with Gasteiger partial charge in [0, 0.05) is 13.1 Å². The van der Waals surface area contributed by atoms with E-state index in [9.17, 15) is 4.79 Å². The molecule has 0 radical (unpaired) electrons. The molecule has 0 aliphatic carbocycles. The molecule has 0 saturated carbocycles. The van der Waals surface area contributed by atoms with Gasteiger partial charge in [0.2, 0.25) is 0 Å². The van der Waals surface area contributed by atoms with E-state index >= 15 is 0 Å². The summed E-state index contributed by atoms with van der Waals surface area (Å²) in [6, 6.07) is 6.91. The molecule has 2 rings (SSSR count). The summed E-state index contributed by atoms with van der Waals surface area (Å²) in [5, 5.41) is 13.3. The molecule has 24 heavy (non-hydrogen) atoms.